The predicted octanol–water partition coefficient (Wildman–Crippen LogP) is 3.64. The van der Waals surface area contributed by atoms with E-state index in [1.807, 2.05) is 12.1 Å². The van der Waals surface area contributed by atoms with Gasteiger partial charge in [0.25, 0.3) is 0 Å². The number of allylic oxidation sites excluding steroid dienone is 1. The number of ketones is 1. The van der Waals surface area contributed by atoms with Crippen molar-refractivity contribution in [3.8, 4) is 23.0 Å². The number of pyridine rings is 3. The molecule has 0 N–H and O–H groups in total. The Balaban J connectivity index is 1.51. The molecule has 144 valence electrons. The number of nitrogens with zero attached hydrogens (tertiary/aromatic N) is 4. The van der Waals surface area contributed by atoms with Crippen LogP contribution in [0.15, 0.2) is 66.0 Å². The van der Waals surface area contributed by atoms with E-state index in [1.54, 1.807) is 37.7 Å². The van der Waals surface area contributed by atoms with Gasteiger partial charge in [-0.1, -0.05) is 6.58 Å². The highest BCUT2D eigenvalue weighted by Crippen LogP contribution is 2.25. The highest BCUT2D eigenvalue weighted by molar-refractivity contribution is 6.02. The standard InChI is InChI=1S/C21H16N4O4/c1-3-19(26)17-7-4-13(9-23-17)20-25-18-8-16(11-24-21(18)29-20)28-12-14-5-6-15(27-2)10-22-14/h3-11H,1,12H2,2H3. The molecule has 0 unspecified atom stereocenters. The summed E-state index contributed by atoms with van der Waals surface area (Å²) in [5, 5.41) is 0. The van der Waals surface area contributed by atoms with Crippen molar-refractivity contribution in [2.45, 2.75) is 6.61 Å². The monoisotopic (exact) mass is 388 g/mol. The number of methoxy groups -OCH3 is 1. The molecular weight excluding hydrogens is 372 g/mol. The molecule has 4 heterocycles. The van der Waals surface area contributed by atoms with E-state index in [0.29, 0.717) is 39.9 Å². The third-order valence-corrected chi connectivity index (χ3v) is 4.09. The van der Waals surface area contributed by atoms with E-state index in [4.69, 9.17) is 13.9 Å². The van der Waals surface area contributed by atoms with Gasteiger partial charge in [0, 0.05) is 12.3 Å². The molecule has 0 saturated heterocycles. The molecule has 0 spiro atoms. The van der Waals surface area contributed by atoms with Gasteiger partial charge in [-0.05, 0) is 30.3 Å². The van der Waals surface area contributed by atoms with Gasteiger partial charge in [-0.25, -0.2) is 9.97 Å². The van der Waals surface area contributed by atoms with Crippen molar-refractivity contribution >= 4 is 17.0 Å². The second-order valence-corrected chi connectivity index (χ2v) is 5.99. The van der Waals surface area contributed by atoms with Crippen LogP contribution in [0.1, 0.15) is 16.2 Å². The van der Waals surface area contributed by atoms with Crippen molar-refractivity contribution in [1.29, 1.82) is 0 Å². The molecule has 0 amide bonds. The minimum absolute atomic E-state index is 0.246. The first-order chi connectivity index (χ1) is 14.2. The fourth-order valence-electron chi connectivity index (χ4n) is 2.55. The Hall–Kier alpha value is -4.07. The number of rotatable bonds is 7. The quantitative estimate of drug-likeness (QED) is 0.349. The van der Waals surface area contributed by atoms with Gasteiger partial charge in [0.15, 0.2) is 0 Å². The Labute approximate surface area is 165 Å². The molecule has 29 heavy (non-hydrogen) atoms. The molecule has 0 aliphatic heterocycles. The van der Waals surface area contributed by atoms with Crippen LogP contribution in [-0.4, -0.2) is 32.8 Å². The van der Waals surface area contributed by atoms with Crippen molar-refractivity contribution in [1.82, 2.24) is 19.9 Å². The van der Waals surface area contributed by atoms with Gasteiger partial charge in [0.2, 0.25) is 17.4 Å². The van der Waals surface area contributed by atoms with Gasteiger partial charge in [0.05, 0.1) is 30.8 Å². The SMILES string of the molecule is C=CC(=O)c1ccc(-c2nc3cc(OCc4ccc(OC)cn4)cnc3o2)cn1. The molecule has 4 aromatic rings. The number of hydrogen-bond donors (Lipinski definition) is 0. The summed E-state index contributed by atoms with van der Waals surface area (Å²) in [5.41, 5.74) is 2.62. The van der Waals surface area contributed by atoms with Crippen LogP contribution in [0.4, 0.5) is 0 Å². The number of aromatic nitrogens is 4. The van der Waals surface area contributed by atoms with E-state index in [-0.39, 0.29) is 12.4 Å². The second kappa shape index (κ2) is 7.89. The molecule has 0 atom stereocenters. The fraction of sp³-hybridized carbons (Fsp3) is 0.0952. The molecule has 4 aromatic heterocycles. The summed E-state index contributed by atoms with van der Waals surface area (Å²) in [6, 6.07) is 8.69. The van der Waals surface area contributed by atoms with E-state index in [2.05, 4.69) is 26.5 Å². The first-order valence-electron chi connectivity index (χ1n) is 8.68. The van der Waals surface area contributed by atoms with Crippen LogP contribution < -0.4 is 9.47 Å². The van der Waals surface area contributed by atoms with Gasteiger partial charge in [-0.15, -0.1) is 0 Å². The van der Waals surface area contributed by atoms with E-state index in [9.17, 15) is 4.79 Å². The van der Waals surface area contributed by atoms with Crippen LogP contribution in [0.25, 0.3) is 22.7 Å². The summed E-state index contributed by atoms with van der Waals surface area (Å²) in [6.07, 6.45) is 5.93. The Morgan fingerprint density at radius 2 is 1.97 bits per heavy atom. The summed E-state index contributed by atoms with van der Waals surface area (Å²) < 4.78 is 16.5. The maximum atomic E-state index is 11.6. The number of ether oxygens (including phenoxy) is 2. The van der Waals surface area contributed by atoms with Gasteiger partial charge in [-0.2, -0.15) is 0 Å². The highest BCUT2D eigenvalue weighted by atomic mass is 16.5. The zero-order valence-electron chi connectivity index (χ0n) is 15.5. The van der Waals surface area contributed by atoms with Crippen molar-refractivity contribution < 1.29 is 18.7 Å². The van der Waals surface area contributed by atoms with E-state index in [0.717, 1.165) is 5.69 Å². The van der Waals surface area contributed by atoms with Crippen LogP contribution in [0, 0.1) is 0 Å². The zero-order chi connectivity index (χ0) is 20.2. The topological polar surface area (TPSA) is 100 Å². The summed E-state index contributed by atoms with van der Waals surface area (Å²) in [7, 11) is 1.59. The second-order valence-electron chi connectivity index (χ2n) is 5.99. The molecular formula is C21H16N4O4. The van der Waals surface area contributed by atoms with Gasteiger partial charge >= 0.3 is 0 Å². The Morgan fingerprint density at radius 1 is 1.10 bits per heavy atom. The van der Waals surface area contributed by atoms with Crippen LogP contribution in [0.2, 0.25) is 0 Å². The lowest BCUT2D eigenvalue weighted by molar-refractivity contribution is 0.104. The number of carbonyl (C=O) groups excluding carboxylic acids is 1. The molecule has 0 aliphatic carbocycles. The average Bonchev–Trinajstić information content (AvgIpc) is 3.21. The normalized spacial score (nSPS) is 10.7. The average molecular weight is 388 g/mol. The number of hydrogen-bond acceptors (Lipinski definition) is 8. The Morgan fingerprint density at radius 3 is 2.66 bits per heavy atom. The van der Waals surface area contributed by atoms with Gasteiger partial charge in [-0.3, -0.25) is 14.8 Å². The predicted molar refractivity (Wildman–Crippen MR) is 105 cm³/mol. The molecule has 0 bridgehead atoms. The fourth-order valence-corrected chi connectivity index (χ4v) is 2.55. The van der Waals surface area contributed by atoms with E-state index >= 15 is 0 Å². The van der Waals surface area contributed by atoms with Gasteiger partial charge < -0.3 is 13.9 Å². The molecule has 4 rings (SSSR count). The summed E-state index contributed by atoms with van der Waals surface area (Å²) in [4.78, 5) is 28.6. The van der Waals surface area contributed by atoms with Gasteiger partial charge in [0.1, 0.15) is 29.3 Å². The largest absolute Gasteiger partial charge is 0.495 e. The highest BCUT2D eigenvalue weighted by Gasteiger charge is 2.12. The van der Waals surface area contributed by atoms with E-state index < -0.39 is 0 Å². The molecule has 0 saturated carbocycles. The van der Waals surface area contributed by atoms with Crippen molar-refractivity contribution in [2.24, 2.45) is 0 Å². The third kappa shape index (κ3) is 3.96. The molecule has 8 nitrogen and oxygen atoms in total. The maximum Gasteiger partial charge on any atom is 0.247 e. The Kier molecular flexibility index (Phi) is 4.98. The number of carbonyl (C=O) groups is 1. The van der Waals surface area contributed by atoms with Crippen molar-refractivity contribution in [3.63, 3.8) is 0 Å². The number of oxazole rings is 1. The van der Waals surface area contributed by atoms with Crippen LogP contribution in [0.3, 0.4) is 0 Å². The van der Waals surface area contributed by atoms with Crippen molar-refractivity contribution in [2.75, 3.05) is 7.11 Å². The lowest BCUT2D eigenvalue weighted by atomic mass is 10.2. The molecule has 0 aromatic carbocycles. The third-order valence-electron chi connectivity index (χ3n) is 4.09. The Bertz CT molecular complexity index is 1170. The molecule has 0 aliphatic rings. The first kappa shape index (κ1) is 18.3. The zero-order valence-corrected chi connectivity index (χ0v) is 15.5. The summed E-state index contributed by atoms with van der Waals surface area (Å²) in [6.45, 7) is 3.73. The molecule has 0 radical (unpaired) electrons. The lowest BCUT2D eigenvalue weighted by Crippen LogP contribution is -1.98. The van der Waals surface area contributed by atoms with Crippen LogP contribution in [-0.2, 0) is 6.61 Å². The summed E-state index contributed by atoms with van der Waals surface area (Å²) >= 11 is 0. The van der Waals surface area contributed by atoms with Crippen LogP contribution in [0.5, 0.6) is 11.5 Å². The summed E-state index contributed by atoms with van der Waals surface area (Å²) in [5.74, 6) is 1.33. The van der Waals surface area contributed by atoms with E-state index in [1.165, 1.54) is 12.3 Å². The maximum absolute atomic E-state index is 11.6. The van der Waals surface area contributed by atoms with Crippen molar-refractivity contribution in [3.05, 3.63) is 73.0 Å². The molecule has 8 heteroatoms. The minimum Gasteiger partial charge on any atom is -0.495 e. The smallest absolute Gasteiger partial charge is 0.247 e. The lowest BCUT2D eigenvalue weighted by Gasteiger charge is -2.05. The first-order valence-corrected chi connectivity index (χ1v) is 8.68. The minimum atomic E-state index is -0.246. The van der Waals surface area contributed by atoms with Crippen LogP contribution >= 0.6 is 0 Å². The number of fused-ring (bicyclic) bond motifs is 1. The molecule has 0 fully saturated rings.